The normalized spacial score (nSPS) is 16.3. The molecule has 0 aromatic carbocycles. The van der Waals surface area contributed by atoms with E-state index in [0.29, 0.717) is 12.3 Å². The van der Waals surface area contributed by atoms with Crippen molar-refractivity contribution in [3.05, 3.63) is 17.7 Å². The van der Waals surface area contributed by atoms with E-state index in [4.69, 9.17) is 4.74 Å². The van der Waals surface area contributed by atoms with Crippen molar-refractivity contribution in [2.45, 2.75) is 52.6 Å². The summed E-state index contributed by atoms with van der Waals surface area (Å²) in [4.78, 5) is 18.9. The van der Waals surface area contributed by atoms with Gasteiger partial charge < -0.3 is 15.0 Å². The Hall–Kier alpha value is -1.78. The average molecular weight is 319 g/mol. The zero-order valence-electron chi connectivity index (χ0n) is 15.0. The number of aromatic nitrogens is 1. The molecule has 0 atom stereocenters. The van der Waals surface area contributed by atoms with Crippen molar-refractivity contribution in [2.75, 3.05) is 30.4 Å². The molecule has 1 fully saturated rings. The predicted molar refractivity (Wildman–Crippen MR) is 93.9 cm³/mol. The molecule has 0 spiro atoms. The lowest BCUT2D eigenvalue weighted by molar-refractivity contribution is -0.156. The third kappa shape index (κ3) is 5.12. The first-order valence-corrected chi connectivity index (χ1v) is 8.40. The highest BCUT2D eigenvalue weighted by Crippen LogP contribution is 2.26. The summed E-state index contributed by atoms with van der Waals surface area (Å²) in [5.41, 5.74) is 0.753. The minimum atomic E-state index is -0.396. The van der Waals surface area contributed by atoms with Crippen LogP contribution in [0.4, 0.5) is 11.6 Å². The molecule has 0 aliphatic carbocycles. The molecule has 0 amide bonds. The summed E-state index contributed by atoms with van der Waals surface area (Å²) in [7, 11) is 1.90. The predicted octanol–water partition coefficient (Wildman–Crippen LogP) is 3.38. The Kier molecular flexibility index (Phi) is 5.50. The minimum Gasteiger partial charge on any atom is -0.460 e. The van der Waals surface area contributed by atoms with Crippen molar-refractivity contribution in [1.82, 2.24) is 4.98 Å². The lowest BCUT2D eigenvalue weighted by atomic mass is 9.93. The van der Waals surface area contributed by atoms with Gasteiger partial charge in [0.2, 0.25) is 0 Å². The van der Waals surface area contributed by atoms with Gasteiger partial charge in [-0.15, -0.1) is 0 Å². The van der Waals surface area contributed by atoms with Crippen LogP contribution in [0.1, 0.15) is 45.6 Å². The fourth-order valence-electron chi connectivity index (χ4n) is 2.93. The van der Waals surface area contributed by atoms with E-state index in [1.165, 1.54) is 0 Å². The third-order valence-electron chi connectivity index (χ3n) is 4.13. The van der Waals surface area contributed by atoms with Crippen molar-refractivity contribution in [1.29, 1.82) is 0 Å². The number of nitrogens with one attached hydrogen (secondary N) is 1. The van der Waals surface area contributed by atoms with Gasteiger partial charge in [0.15, 0.2) is 0 Å². The smallest absolute Gasteiger partial charge is 0.306 e. The molecule has 128 valence electrons. The van der Waals surface area contributed by atoms with E-state index in [-0.39, 0.29) is 5.97 Å². The number of anilines is 2. The van der Waals surface area contributed by atoms with E-state index in [2.05, 4.69) is 34.3 Å². The third-order valence-corrected chi connectivity index (χ3v) is 4.13. The summed E-state index contributed by atoms with van der Waals surface area (Å²) < 4.78 is 5.42. The van der Waals surface area contributed by atoms with Crippen molar-refractivity contribution >= 4 is 17.6 Å². The summed E-state index contributed by atoms with van der Waals surface area (Å²) in [6.07, 6.45) is 2.53. The van der Waals surface area contributed by atoms with Gasteiger partial charge >= 0.3 is 5.97 Å². The van der Waals surface area contributed by atoms with Crippen LogP contribution >= 0.6 is 0 Å². The SMILES string of the molecule is CNc1nc(N2CCC(CC(=O)OC(C)(C)C)CC2)ccc1C. The number of hydrogen-bond donors (Lipinski definition) is 1. The molecule has 0 radical (unpaired) electrons. The number of esters is 1. The quantitative estimate of drug-likeness (QED) is 0.862. The fraction of sp³-hybridized carbons (Fsp3) is 0.667. The summed E-state index contributed by atoms with van der Waals surface area (Å²) >= 11 is 0. The van der Waals surface area contributed by atoms with Crippen LogP contribution in [0.25, 0.3) is 0 Å². The number of ether oxygens (including phenoxy) is 1. The van der Waals surface area contributed by atoms with E-state index in [1.807, 2.05) is 27.8 Å². The van der Waals surface area contributed by atoms with Crippen LogP contribution in [0, 0.1) is 12.8 Å². The van der Waals surface area contributed by atoms with Crippen LogP contribution in [0.15, 0.2) is 12.1 Å². The van der Waals surface area contributed by atoms with Crippen LogP contribution in [0.3, 0.4) is 0 Å². The number of carbonyl (C=O) groups is 1. The first kappa shape index (κ1) is 17.6. The number of hydrogen-bond acceptors (Lipinski definition) is 5. The molecule has 0 bridgehead atoms. The first-order valence-electron chi connectivity index (χ1n) is 8.40. The Balaban J connectivity index is 1.87. The molecule has 1 aromatic rings. The fourth-order valence-corrected chi connectivity index (χ4v) is 2.93. The van der Waals surface area contributed by atoms with Gasteiger partial charge in [-0.3, -0.25) is 4.79 Å². The van der Waals surface area contributed by atoms with Gasteiger partial charge in [-0.1, -0.05) is 6.07 Å². The Morgan fingerprint density at radius 3 is 2.57 bits per heavy atom. The molecule has 1 aromatic heterocycles. The van der Waals surface area contributed by atoms with Gasteiger partial charge in [0.25, 0.3) is 0 Å². The van der Waals surface area contributed by atoms with Crippen molar-refractivity contribution in [2.24, 2.45) is 5.92 Å². The maximum Gasteiger partial charge on any atom is 0.306 e. The molecule has 2 heterocycles. The Labute approximate surface area is 139 Å². The summed E-state index contributed by atoms with van der Waals surface area (Å²) in [5, 5.41) is 3.13. The van der Waals surface area contributed by atoms with E-state index in [0.717, 1.165) is 43.1 Å². The van der Waals surface area contributed by atoms with Gasteiger partial charge in [0, 0.05) is 26.6 Å². The van der Waals surface area contributed by atoms with Crippen LogP contribution in [-0.2, 0) is 9.53 Å². The highest BCUT2D eigenvalue weighted by atomic mass is 16.6. The number of pyridine rings is 1. The maximum atomic E-state index is 11.9. The Bertz CT molecular complexity index is 544. The Morgan fingerprint density at radius 2 is 2.00 bits per heavy atom. The Morgan fingerprint density at radius 1 is 1.35 bits per heavy atom. The molecule has 2 rings (SSSR count). The second kappa shape index (κ2) is 7.20. The zero-order chi connectivity index (χ0) is 17.0. The standard InChI is InChI=1S/C18H29N3O2/c1-13-6-7-15(20-17(13)19-5)21-10-8-14(9-11-21)12-16(22)23-18(2,3)4/h6-7,14H,8-12H2,1-5H3,(H,19,20). The molecular weight excluding hydrogens is 290 g/mol. The molecule has 0 unspecified atom stereocenters. The van der Waals surface area contributed by atoms with Gasteiger partial charge in [0.1, 0.15) is 17.2 Å². The topological polar surface area (TPSA) is 54.5 Å². The number of rotatable bonds is 4. The van der Waals surface area contributed by atoms with E-state index >= 15 is 0 Å². The lowest BCUT2D eigenvalue weighted by Crippen LogP contribution is -2.35. The highest BCUT2D eigenvalue weighted by Gasteiger charge is 2.25. The van der Waals surface area contributed by atoms with Gasteiger partial charge in [-0.05, 0) is 58.1 Å². The largest absolute Gasteiger partial charge is 0.460 e. The van der Waals surface area contributed by atoms with E-state index < -0.39 is 5.60 Å². The highest BCUT2D eigenvalue weighted by molar-refractivity contribution is 5.70. The average Bonchev–Trinajstić information content (AvgIpc) is 2.46. The van der Waals surface area contributed by atoms with Crippen LogP contribution < -0.4 is 10.2 Å². The van der Waals surface area contributed by atoms with Crippen molar-refractivity contribution in [3.8, 4) is 0 Å². The number of nitrogens with zero attached hydrogens (tertiary/aromatic N) is 2. The van der Waals surface area contributed by atoms with Crippen LogP contribution in [0.5, 0.6) is 0 Å². The molecule has 1 saturated heterocycles. The molecule has 5 nitrogen and oxygen atoms in total. The molecule has 5 heteroatoms. The van der Waals surface area contributed by atoms with Crippen molar-refractivity contribution < 1.29 is 9.53 Å². The summed E-state index contributed by atoms with van der Waals surface area (Å²) in [6.45, 7) is 9.66. The number of carbonyl (C=O) groups excluding carboxylic acids is 1. The molecule has 1 aliphatic rings. The second-order valence-corrected chi connectivity index (χ2v) is 7.31. The molecule has 1 N–H and O–H groups in total. The first-order chi connectivity index (χ1) is 10.8. The summed E-state index contributed by atoms with van der Waals surface area (Å²) in [6, 6.07) is 4.17. The monoisotopic (exact) mass is 319 g/mol. The maximum absolute atomic E-state index is 11.9. The zero-order valence-corrected chi connectivity index (χ0v) is 15.0. The summed E-state index contributed by atoms with van der Waals surface area (Å²) in [5.74, 6) is 2.27. The molecule has 0 saturated carbocycles. The molecular formula is C18H29N3O2. The van der Waals surface area contributed by atoms with Crippen LogP contribution in [-0.4, -0.2) is 36.7 Å². The van der Waals surface area contributed by atoms with Crippen molar-refractivity contribution in [3.63, 3.8) is 0 Å². The lowest BCUT2D eigenvalue weighted by Gasteiger charge is -2.33. The van der Waals surface area contributed by atoms with E-state index in [1.54, 1.807) is 0 Å². The minimum absolute atomic E-state index is 0.0816. The van der Waals surface area contributed by atoms with Gasteiger partial charge in [-0.25, -0.2) is 4.98 Å². The van der Waals surface area contributed by atoms with Crippen LogP contribution in [0.2, 0.25) is 0 Å². The van der Waals surface area contributed by atoms with Gasteiger partial charge in [0.05, 0.1) is 0 Å². The number of piperidine rings is 1. The van der Waals surface area contributed by atoms with E-state index in [9.17, 15) is 4.79 Å². The second-order valence-electron chi connectivity index (χ2n) is 7.31. The number of aryl methyl sites for hydroxylation is 1. The molecule has 1 aliphatic heterocycles. The molecule has 23 heavy (non-hydrogen) atoms. The van der Waals surface area contributed by atoms with Gasteiger partial charge in [-0.2, -0.15) is 0 Å².